The van der Waals surface area contributed by atoms with Gasteiger partial charge in [0.05, 0.1) is 0 Å². The standard InChI is InChI=1S/C3H7BO/c1-2-3(4)5/h3,5H,2H2,1H3. The lowest BCUT2D eigenvalue weighted by Gasteiger charge is -1.90. The molecule has 0 aliphatic rings. The first-order valence-corrected chi connectivity index (χ1v) is 1.71. The molecule has 0 aliphatic heterocycles. The maximum Gasteiger partial charge on any atom is 0.108 e. The Labute approximate surface area is 33.4 Å². The van der Waals surface area contributed by atoms with E-state index in [1.165, 1.54) is 0 Å². The monoisotopic (exact) mass is 70.1 g/mol. The van der Waals surface area contributed by atoms with Crippen LogP contribution >= 0.6 is 0 Å². The molecule has 0 aliphatic carbocycles. The van der Waals surface area contributed by atoms with E-state index in [2.05, 4.69) is 0 Å². The zero-order chi connectivity index (χ0) is 4.28. The van der Waals surface area contributed by atoms with Gasteiger partial charge in [0.1, 0.15) is 7.85 Å². The summed E-state index contributed by atoms with van der Waals surface area (Å²) in [5, 5.41) is 8.14. The predicted octanol–water partition coefficient (Wildman–Crippen LogP) is -0.117. The van der Waals surface area contributed by atoms with Crippen LogP contribution < -0.4 is 0 Å². The fraction of sp³-hybridized carbons (Fsp3) is 1.00. The molecule has 28 valence electrons. The molecule has 1 nitrogen and oxygen atoms in total. The van der Waals surface area contributed by atoms with Crippen molar-refractivity contribution in [1.29, 1.82) is 0 Å². The molecular formula is C3H7BO. The van der Waals surface area contributed by atoms with Gasteiger partial charge in [0.15, 0.2) is 0 Å². The van der Waals surface area contributed by atoms with Crippen molar-refractivity contribution in [3.63, 3.8) is 0 Å². The molecule has 1 atom stereocenters. The Morgan fingerprint density at radius 3 is 2.20 bits per heavy atom. The number of aliphatic hydroxyl groups excluding tert-OH is 1. The van der Waals surface area contributed by atoms with E-state index in [-0.39, 0.29) is 0 Å². The molecule has 0 aromatic rings. The fourth-order valence-corrected chi connectivity index (χ4v) is 0. The van der Waals surface area contributed by atoms with Gasteiger partial charge >= 0.3 is 0 Å². The third-order valence-electron chi connectivity index (χ3n) is 0.418. The Morgan fingerprint density at radius 1 is 2.00 bits per heavy atom. The topological polar surface area (TPSA) is 20.2 Å². The predicted molar refractivity (Wildman–Crippen MR) is 22.1 cm³/mol. The van der Waals surface area contributed by atoms with Crippen molar-refractivity contribution in [2.75, 3.05) is 0 Å². The lowest BCUT2D eigenvalue weighted by atomic mass is 9.98. The van der Waals surface area contributed by atoms with E-state index < -0.39 is 6.00 Å². The van der Waals surface area contributed by atoms with Gasteiger partial charge in [-0.15, -0.1) is 0 Å². The second-order valence-electron chi connectivity index (χ2n) is 0.976. The van der Waals surface area contributed by atoms with E-state index in [1.54, 1.807) is 0 Å². The van der Waals surface area contributed by atoms with Crippen LogP contribution in [0.1, 0.15) is 13.3 Å². The minimum Gasteiger partial charge on any atom is -0.403 e. The number of rotatable bonds is 1. The van der Waals surface area contributed by atoms with Gasteiger partial charge in [0, 0.05) is 6.00 Å². The summed E-state index contributed by atoms with van der Waals surface area (Å²) in [4.78, 5) is 0. The summed E-state index contributed by atoms with van der Waals surface area (Å²) in [6.07, 6.45) is 0.639. The van der Waals surface area contributed by atoms with Gasteiger partial charge in [-0.3, -0.25) is 0 Å². The summed E-state index contributed by atoms with van der Waals surface area (Å²) >= 11 is 0. The molecular weight excluding hydrogens is 62.8 g/mol. The summed E-state index contributed by atoms with van der Waals surface area (Å²) in [5.41, 5.74) is 0. The summed E-state index contributed by atoms with van der Waals surface area (Å²) < 4.78 is 0. The maximum absolute atomic E-state index is 8.14. The molecule has 0 rings (SSSR count). The summed E-state index contributed by atoms with van der Waals surface area (Å²) in [6.45, 7) is 1.82. The highest BCUT2D eigenvalue weighted by Crippen LogP contribution is 1.76. The molecule has 2 heteroatoms. The largest absolute Gasteiger partial charge is 0.403 e. The normalized spacial score (nSPS) is 14.8. The van der Waals surface area contributed by atoms with Crippen molar-refractivity contribution in [3.8, 4) is 0 Å². The van der Waals surface area contributed by atoms with E-state index in [0.29, 0.717) is 6.42 Å². The van der Waals surface area contributed by atoms with Gasteiger partial charge in [0.25, 0.3) is 0 Å². The molecule has 0 saturated carbocycles. The summed E-state index contributed by atoms with van der Waals surface area (Å²) in [5.74, 6) is 0. The Kier molecular flexibility index (Phi) is 2.28. The Bertz CT molecular complexity index is 20.9. The highest BCUT2D eigenvalue weighted by atomic mass is 16.3. The highest BCUT2D eigenvalue weighted by Gasteiger charge is 1.81. The van der Waals surface area contributed by atoms with Gasteiger partial charge < -0.3 is 5.11 Å². The van der Waals surface area contributed by atoms with Crippen molar-refractivity contribution in [3.05, 3.63) is 0 Å². The number of hydrogen-bond acceptors (Lipinski definition) is 1. The van der Waals surface area contributed by atoms with Gasteiger partial charge in [-0.1, -0.05) is 6.92 Å². The molecule has 0 saturated heterocycles. The van der Waals surface area contributed by atoms with Crippen LogP contribution in [0.15, 0.2) is 0 Å². The molecule has 1 N–H and O–H groups in total. The minimum absolute atomic E-state index is 0.616. The van der Waals surface area contributed by atoms with E-state index in [0.717, 1.165) is 0 Å². The van der Waals surface area contributed by atoms with E-state index in [9.17, 15) is 0 Å². The van der Waals surface area contributed by atoms with E-state index >= 15 is 0 Å². The van der Waals surface area contributed by atoms with E-state index in [4.69, 9.17) is 13.0 Å². The van der Waals surface area contributed by atoms with Crippen molar-refractivity contribution in [2.45, 2.75) is 19.3 Å². The molecule has 0 amide bonds. The summed E-state index contributed by atoms with van der Waals surface area (Å²) in [7, 11) is 4.85. The SMILES string of the molecule is [B]C(O)CC. The molecule has 0 bridgehead atoms. The van der Waals surface area contributed by atoms with Crippen LogP contribution in [-0.2, 0) is 0 Å². The van der Waals surface area contributed by atoms with Crippen LogP contribution in [0.4, 0.5) is 0 Å². The Morgan fingerprint density at radius 2 is 2.20 bits per heavy atom. The van der Waals surface area contributed by atoms with E-state index in [1.807, 2.05) is 6.92 Å². The first-order valence-electron chi connectivity index (χ1n) is 1.71. The molecule has 0 aromatic carbocycles. The Balaban J connectivity index is 2.54. The Hall–Kier alpha value is 0.0249. The molecule has 0 aromatic heterocycles. The lowest BCUT2D eigenvalue weighted by Crippen LogP contribution is -2.00. The maximum atomic E-state index is 8.14. The molecule has 0 spiro atoms. The van der Waals surface area contributed by atoms with Crippen LogP contribution in [0.2, 0.25) is 0 Å². The third-order valence-corrected chi connectivity index (χ3v) is 0.418. The van der Waals surface area contributed by atoms with Crippen molar-refractivity contribution in [2.24, 2.45) is 0 Å². The lowest BCUT2D eigenvalue weighted by molar-refractivity contribution is 0.251. The average Bonchev–Trinajstić information content (AvgIpc) is 1.38. The highest BCUT2D eigenvalue weighted by molar-refractivity contribution is 6.10. The smallest absolute Gasteiger partial charge is 0.108 e. The second-order valence-corrected chi connectivity index (χ2v) is 0.976. The second kappa shape index (κ2) is 2.27. The minimum atomic E-state index is -0.616. The quantitative estimate of drug-likeness (QED) is 0.426. The van der Waals surface area contributed by atoms with Crippen LogP contribution in [-0.4, -0.2) is 19.0 Å². The first kappa shape index (κ1) is 5.02. The van der Waals surface area contributed by atoms with Gasteiger partial charge in [-0.2, -0.15) is 0 Å². The molecule has 2 radical (unpaired) electrons. The third kappa shape index (κ3) is 4.02. The van der Waals surface area contributed by atoms with Crippen LogP contribution in [0, 0.1) is 0 Å². The van der Waals surface area contributed by atoms with Crippen LogP contribution in [0.3, 0.4) is 0 Å². The molecule has 0 heterocycles. The van der Waals surface area contributed by atoms with Gasteiger partial charge in [-0.05, 0) is 6.42 Å². The average molecular weight is 69.9 g/mol. The fourth-order valence-electron chi connectivity index (χ4n) is 0. The van der Waals surface area contributed by atoms with Gasteiger partial charge in [-0.25, -0.2) is 0 Å². The zero-order valence-corrected chi connectivity index (χ0v) is 3.31. The molecule has 5 heavy (non-hydrogen) atoms. The van der Waals surface area contributed by atoms with Crippen molar-refractivity contribution < 1.29 is 5.11 Å². The van der Waals surface area contributed by atoms with Crippen molar-refractivity contribution >= 4 is 7.85 Å². The first-order chi connectivity index (χ1) is 2.27. The number of aliphatic hydroxyl groups is 1. The van der Waals surface area contributed by atoms with Gasteiger partial charge in [0.2, 0.25) is 0 Å². The van der Waals surface area contributed by atoms with Crippen molar-refractivity contribution in [1.82, 2.24) is 0 Å². The molecule has 0 fully saturated rings. The zero-order valence-electron chi connectivity index (χ0n) is 3.31. The summed E-state index contributed by atoms with van der Waals surface area (Å²) in [6, 6.07) is -0.616. The number of hydrogen-bond donors (Lipinski definition) is 1. The van der Waals surface area contributed by atoms with Crippen LogP contribution in [0.25, 0.3) is 0 Å². The van der Waals surface area contributed by atoms with Crippen LogP contribution in [0.5, 0.6) is 0 Å². The molecule has 1 unspecified atom stereocenters.